The zero-order valence-corrected chi connectivity index (χ0v) is 17.9. The molecule has 0 N–H and O–H groups in total. The van der Waals surface area contributed by atoms with Crippen LogP contribution >= 0.6 is 23.7 Å². The van der Waals surface area contributed by atoms with E-state index in [0.29, 0.717) is 36.1 Å². The molecule has 4 rings (SSSR count). The van der Waals surface area contributed by atoms with E-state index >= 15 is 0 Å². The maximum Gasteiger partial charge on any atom is 0.233 e. The molecule has 1 aromatic heterocycles. The molecule has 5 nitrogen and oxygen atoms in total. The summed E-state index contributed by atoms with van der Waals surface area (Å²) in [4.78, 5) is 21.2. The normalized spacial score (nSPS) is 14.5. The summed E-state index contributed by atoms with van der Waals surface area (Å²) in [5, 5.41) is 0.388. The van der Waals surface area contributed by atoms with Gasteiger partial charge in [-0.3, -0.25) is 14.6 Å². The number of rotatable bonds is 6. The SMILES string of the molecule is Cl.O=C(Cc1ccccc1)N(CCN1CCOCC1)c1nc2c(F)cc(F)cc2s1. The highest BCUT2D eigenvalue weighted by molar-refractivity contribution is 7.22. The standard InChI is InChI=1S/C21H21F2N3O2S.ClH/c22-16-13-17(23)20-18(14-16)29-21(24-20)26(7-6-25-8-10-28-11-9-25)19(27)12-15-4-2-1-3-5-15;/h1-5,13-14H,6-12H2;1H. The minimum absolute atomic E-state index is 0. The van der Waals surface area contributed by atoms with Crippen LogP contribution in [0.2, 0.25) is 0 Å². The third kappa shape index (κ3) is 5.31. The third-order valence-electron chi connectivity index (χ3n) is 4.88. The fraction of sp³-hybridized carbons (Fsp3) is 0.333. The first-order chi connectivity index (χ1) is 14.1. The molecule has 2 aromatic carbocycles. The number of nitrogens with zero attached hydrogens (tertiary/aromatic N) is 3. The topological polar surface area (TPSA) is 45.7 Å². The van der Waals surface area contributed by atoms with Gasteiger partial charge >= 0.3 is 0 Å². The van der Waals surface area contributed by atoms with Crippen LogP contribution in [0.4, 0.5) is 13.9 Å². The molecule has 0 bridgehead atoms. The first-order valence-corrected chi connectivity index (χ1v) is 10.3. The van der Waals surface area contributed by atoms with Crippen molar-refractivity contribution in [3.05, 3.63) is 59.7 Å². The molecule has 160 valence electrons. The van der Waals surface area contributed by atoms with E-state index < -0.39 is 11.6 Å². The number of amides is 1. The summed E-state index contributed by atoms with van der Waals surface area (Å²) >= 11 is 1.13. The number of morpholine rings is 1. The van der Waals surface area contributed by atoms with Crippen LogP contribution < -0.4 is 4.90 Å². The summed E-state index contributed by atoms with van der Waals surface area (Å²) in [5.74, 6) is -1.49. The van der Waals surface area contributed by atoms with Crippen molar-refractivity contribution in [2.45, 2.75) is 6.42 Å². The lowest BCUT2D eigenvalue weighted by molar-refractivity contribution is -0.118. The molecule has 1 aliphatic heterocycles. The number of carbonyl (C=O) groups is 1. The van der Waals surface area contributed by atoms with Gasteiger partial charge in [-0.05, 0) is 11.6 Å². The Morgan fingerprint density at radius 3 is 2.63 bits per heavy atom. The molecule has 0 unspecified atom stereocenters. The van der Waals surface area contributed by atoms with Crippen LogP contribution in [0.25, 0.3) is 10.2 Å². The first-order valence-electron chi connectivity index (χ1n) is 9.50. The summed E-state index contributed by atoms with van der Waals surface area (Å²) in [6, 6.07) is 11.5. The molecular weight excluding hydrogens is 432 g/mol. The second kappa shape index (κ2) is 10.3. The first kappa shape index (κ1) is 22.6. The van der Waals surface area contributed by atoms with E-state index in [1.54, 1.807) is 4.90 Å². The van der Waals surface area contributed by atoms with E-state index in [0.717, 1.165) is 36.1 Å². The van der Waals surface area contributed by atoms with Crippen LogP contribution in [0.3, 0.4) is 0 Å². The van der Waals surface area contributed by atoms with Gasteiger partial charge < -0.3 is 4.74 Å². The maximum absolute atomic E-state index is 14.1. The van der Waals surface area contributed by atoms with Gasteiger partial charge in [-0.2, -0.15) is 0 Å². The number of carbonyl (C=O) groups excluding carboxylic acids is 1. The van der Waals surface area contributed by atoms with E-state index in [-0.39, 0.29) is 30.3 Å². The van der Waals surface area contributed by atoms with Crippen molar-refractivity contribution in [3.63, 3.8) is 0 Å². The van der Waals surface area contributed by atoms with Gasteiger partial charge in [-0.1, -0.05) is 41.7 Å². The number of hydrogen-bond donors (Lipinski definition) is 0. The van der Waals surface area contributed by atoms with Crippen molar-refractivity contribution in [2.75, 3.05) is 44.3 Å². The van der Waals surface area contributed by atoms with Crippen LogP contribution in [0.1, 0.15) is 5.56 Å². The molecule has 1 saturated heterocycles. The number of hydrogen-bond acceptors (Lipinski definition) is 5. The Morgan fingerprint density at radius 1 is 1.17 bits per heavy atom. The number of thiazole rings is 1. The van der Waals surface area contributed by atoms with Crippen molar-refractivity contribution in [2.24, 2.45) is 0 Å². The highest BCUT2D eigenvalue weighted by Gasteiger charge is 2.23. The molecule has 3 aromatic rings. The van der Waals surface area contributed by atoms with Gasteiger partial charge in [0.15, 0.2) is 10.9 Å². The van der Waals surface area contributed by atoms with Crippen LogP contribution in [-0.4, -0.2) is 55.2 Å². The molecule has 0 aliphatic carbocycles. The minimum Gasteiger partial charge on any atom is -0.379 e. The number of aromatic nitrogens is 1. The lowest BCUT2D eigenvalue weighted by Crippen LogP contribution is -2.43. The van der Waals surface area contributed by atoms with Crippen LogP contribution in [0.5, 0.6) is 0 Å². The van der Waals surface area contributed by atoms with E-state index in [1.165, 1.54) is 6.07 Å². The molecule has 0 saturated carbocycles. The quantitative estimate of drug-likeness (QED) is 0.568. The van der Waals surface area contributed by atoms with Gasteiger partial charge in [0, 0.05) is 32.2 Å². The predicted octanol–water partition coefficient (Wildman–Crippen LogP) is 3.90. The third-order valence-corrected chi connectivity index (χ3v) is 5.90. The summed E-state index contributed by atoms with van der Waals surface area (Å²) in [5.41, 5.74) is 0.988. The van der Waals surface area contributed by atoms with E-state index in [4.69, 9.17) is 4.74 Å². The summed E-state index contributed by atoms with van der Waals surface area (Å²) < 4.78 is 33.5. The molecule has 9 heteroatoms. The Labute approximate surface area is 183 Å². The lowest BCUT2D eigenvalue weighted by atomic mass is 10.1. The van der Waals surface area contributed by atoms with Gasteiger partial charge in [-0.15, -0.1) is 12.4 Å². The van der Waals surface area contributed by atoms with Crippen LogP contribution in [0, 0.1) is 11.6 Å². The summed E-state index contributed by atoms with van der Waals surface area (Å²) in [6.07, 6.45) is 0.219. The lowest BCUT2D eigenvalue weighted by Gasteiger charge is -2.29. The number of fused-ring (bicyclic) bond motifs is 1. The number of halogens is 3. The molecule has 0 spiro atoms. The predicted molar refractivity (Wildman–Crippen MR) is 117 cm³/mol. The molecule has 2 heterocycles. The van der Waals surface area contributed by atoms with Crippen molar-refractivity contribution < 1.29 is 18.3 Å². The highest BCUT2D eigenvalue weighted by Crippen LogP contribution is 2.31. The average Bonchev–Trinajstić information content (AvgIpc) is 3.13. The van der Waals surface area contributed by atoms with Crippen molar-refractivity contribution in [1.82, 2.24) is 9.88 Å². The zero-order valence-electron chi connectivity index (χ0n) is 16.2. The molecule has 1 aliphatic rings. The fourth-order valence-corrected chi connectivity index (χ4v) is 4.37. The van der Waals surface area contributed by atoms with E-state index in [9.17, 15) is 13.6 Å². The Bertz CT molecular complexity index is 997. The van der Waals surface area contributed by atoms with Gasteiger partial charge in [0.25, 0.3) is 0 Å². The molecule has 30 heavy (non-hydrogen) atoms. The smallest absolute Gasteiger partial charge is 0.233 e. The number of benzene rings is 2. The maximum atomic E-state index is 14.1. The van der Waals surface area contributed by atoms with Crippen LogP contribution in [-0.2, 0) is 16.0 Å². The van der Waals surface area contributed by atoms with E-state index in [2.05, 4.69) is 9.88 Å². The highest BCUT2D eigenvalue weighted by atomic mass is 35.5. The fourth-order valence-electron chi connectivity index (χ4n) is 3.32. The van der Waals surface area contributed by atoms with Gasteiger partial charge in [0.05, 0.1) is 24.3 Å². The van der Waals surface area contributed by atoms with E-state index in [1.807, 2.05) is 30.3 Å². The molecule has 0 radical (unpaired) electrons. The van der Waals surface area contributed by atoms with Gasteiger partial charge in [0.1, 0.15) is 11.3 Å². The zero-order chi connectivity index (χ0) is 20.2. The van der Waals surface area contributed by atoms with Crippen molar-refractivity contribution >= 4 is 45.0 Å². The Morgan fingerprint density at radius 2 is 1.90 bits per heavy atom. The number of ether oxygens (including phenoxy) is 1. The van der Waals surface area contributed by atoms with Crippen molar-refractivity contribution in [1.29, 1.82) is 0 Å². The minimum atomic E-state index is -0.717. The monoisotopic (exact) mass is 453 g/mol. The second-order valence-electron chi connectivity index (χ2n) is 6.89. The largest absolute Gasteiger partial charge is 0.379 e. The van der Waals surface area contributed by atoms with Gasteiger partial charge in [0.2, 0.25) is 5.91 Å². The number of anilines is 1. The molecule has 0 atom stereocenters. The average molecular weight is 454 g/mol. The summed E-state index contributed by atoms with van der Waals surface area (Å²) in [7, 11) is 0. The Kier molecular flexibility index (Phi) is 7.71. The molecule has 1 amide bonds. The summed E-state index contributed by atoms with van der Waals surface area (Å²) in [6.45, 7) is 4.04. The van der Waals surface area contributed by atoms with Crippen molar-refractivity contribution in [3.8, 4) is 0 Å². The van der Waals surface area contributed by atoms with Gasteiger partial charge in [-0.25, -0.2) is 13.8 Å². The Hall–Kier alpha value is -2.13. The molecular formula is C21H22ClF2N3O2S. The Balaban J connectivity index is 0.00000256. The second-order valence-corrected chi connectivity index (χ2v) is 7.90. The van der Waals surface area contributed by atoms with Crippen LogP contribution in [0.15, 0.2) is 42.5 Å². The molecule has 1 fully saturated rings.